The molecule has 0 bridgehead atoms. The standard InChI is InChI=1S/C26H21N3O2/c1-19(30)27-22-15-17-23(18-16-22)29-25(21-12-6-3-7-13-21)28-24(26(29)31)14-8-11-20-9-4-2-5-10-20/h2-18H,1H3,(H,27,30)/b11-8+,24-14-. The van der Waals surface area contributed by atoms with E-state index in [2.05, 4.69) is 10.3 Å². The fraction of sp³-hybridized carbons (Fsp3) is 0.0385. The lowest BCUT2D eigenvalue weighted by molar-refractivity contribution is -0.114. The number of carbonyl (C=O) groups is 2. The Morgan fingerprint density at radius 3 is 2.19 bits per heavy atom. The van der Waals surface area contributed by atoms with Crippen molar-refractivity contribution in [2.75, 3.05) is 10.2 Å². The lowest BCUT2D eigenvalue weighted by atomic mass is 10.1. The van der Waals surface area contributed by atoms with Crippen LogP contribution in [0.2, 0.25) is 0 Å². The molecule has 0 radical (unpaired) electrons. The molecule has 0 atom stereocenters. The van der Waals surface area contributed by atoms with Gasteiger partial charge in [-0.2, -0.15) is 0 Å². The number of amidine groups is 1. The maximum absolute atomic E-state index is 13.2. The van der Waals surface area contributed by atoms with Crippen LogP contribution >= 0.6 is 0 Å². The van der Waals surface area contributed by atoms with Crippen LogP contribution in [0.1, 0.15) is 18.1 Å². The van der Waals surface area contributed by atoms with Crippen LogP contribution < -0.4 is 10.2 Å². The highest BCUT2D eigenvalue weighted by Crippen LogP contribution is 2.28. The van der Waals surface area contributed by atoms with E-state index in [0.717, 1.165) is 11.1 Å². The van der Waals surface area contributed by atoms with Gasteiger partial charge in [0, 0.05) is 18.2 Å². The summed E-state index contributed by atoms with van der Waals surface area (Å²) in [5, 5.41) is 2.74. The Morgan fingerprint density at radius 1 is 0.903 bits per heavy atom. The molecule has 0 saturated heterocycles. The summed E-state index contributed by atoms with van der Waals surface area (Å²) in [6.45, 7) is 1.46. The van der Waals surface area contributed by atoms with E-state index in [1.165, 1.54) is 6.92 Å². The Hall–Kier alpha value is -4.25. The second-order valence-corrected chi connectivity index (χ2v) is 6.99. The Balaban J connectivity index is 1.68. The Bertz CT molecular complexity index is 1180. The molecule has 3 aromatic rings. The highest BCUT2D eigenvalue weighted by atomic mass is 16.2. The third kappa shape index (κ3) is 4.67. The van der Waals surface area contributed by atoms with Crippen molar-refractivity contribution in [3.05, 3.63) is 114 Å². The lowest BCUT2D eigenvalue weighted by Crippen LogP contribution is -2.32. The molecule has 1 N–H and O–H groups in total. The minimum atomic E-state index is -0.205. The van der Waals surface area contributed by atoms with Crippen molar-refractivity contribution < 1.29 is 9.59 Å². The molecule has 5 heteroatoms. The van der Waals surface area contributed by atoms with Gasteiger partial charge >= 0.3 is 0 Å². The van der Waals surface area contributed by atoms with Crippen LogP contribution in [0.4, 0.5) is 11.4 Å². The number of nitrogens with zero attached hydrogens (tertiary/aromatic N) is 2. The molecule has 0 fully saturated rings. The van der Waals surface area contributed by atoms with Crippen LogP contribution in [0.15, 0.2) is 108 Å². The van der Waals surface area contributed by atoms with Crippen LogP contribution in [0.5, 0.6) is 0 Å². The third-order valence-electron chi connectivity index (χ3n) is 4.68. The van der Waals surface area contributed by atoms with Crippen molar-refractivity contribution in [3.8, 4) is 0 Å². The molecule has 0 aliphatic carbocycles. The number of anilines is 2. The number of aliphatic imine (C=N–C) groups is 1. The van der Waals surface area contributed by atoms with E-state index in [1.807, 2.05) is 72.8 Å². The molecule has 1 heterocycles. The van der Waals surface area contributed by atoms with Gasteiger partial charge in [-0.15, -0.1) is 0 Å². The molecular weight excluding hydrogens is 386 g/mol. The van der Waals surface area contributed by atoms with Crippen molar-refractivity contribution in [3.63, 3.8) is 0 Å². The van der Waals surface area contributed by atoms with Gasteiger partial charge in [0.1, 0.15) is 11.5 Å². The molecule has 0 aromatic heterocycles. The zero-order valence-electron chi connectivity index (χ0n) is 17.0. The number of amides is 2. The number of hydrogen-bond acceptors (Lipinski definition) is 3. The second-order valence-electron chi connectivity index (χ2n) is 6.99. The van der Waals surface area contributed by atoms with Crippen LogP contribution in [-0.2, 0) is 9.59 Å². The average Bonchev–Trinajstić information content (AvgIpc) is 3.11. The SMILES string of the molecule is CC(=O)Nc1ccc(N2C(=O)/C(=C/C=C/c3ccccc3)N=C2c2ccccc2)cc1. The van der Waals surface area contributed by atoms with Crippen molar-refractivity contribution in [1.82, 2.24) is 0 Å². The summed E-state index contributed by atoms with van der Waals surface area (Å²) in [4.78, 5) is 30.7. The van der Waals surface area contributed by atoms with E-state index in [9.17, 15) is 9.59 Å². The molecule has 1 aliphatic heterocycles. The fourth-order valence-electron chi connectivity index (χ4n) is 3.26. The van der Waals surface area contributed by atoms with Gasteiger partial charge in [0.15, 0.2) is 0 Å². The van der Waals surface area contributed by atoms with E-state index < -0.39 is 0 Å². The van der Waals surface area contributed by atoms with Crippen molar-refractivity contribution in [2.45, 2.75) is 6.92 Å². The molecule has 4 rings (SSSR count). The zero-order valence-corrected chi connectivity index (χ0v) is 17.0. The molecule has 0 spiro atoms. The zero-order chi connectivity index (χ0) is 21.6. The first kappa shape index (κ1) is 20.0. The predicted octanol–water partition coefficient (Wildman–Crippen LogP) is 5.04. The number of benzene rings is 3. The topological polar surface area (TPSA) is 61.8 Å². The molecular formula is C26H21N3O2. The van der Waals surface area contributed by atoms with Gasteiger partial charge < -0.3 is 5.32 Å². The van der Waals surface area contributed by atoms with Gasteiger partial charge in [-0.25, -0.2) is 4.99 Å². The smallest absolute Gasteiger partial charge is 0.282 e. The van der Waals surface area contributed by atoms with Crippen molar-refractivity contribution in [2.24, 2.45) is 4.99 Å². The van der Waals surface area contributed by atoms with Crippen molar-refractivity contribution >= 4 is 35.1 Å². The Labute approximate surface area is 181 Å². The number of carbonyl (C=O) groups excluding carboxylic acids is 2. The highest BCUT2D eigenvalue weighted by Gasteiger charge is 2.32. The minimum absolute atomic E-state index is 0.146. The third-order valence-corrected chi connectivity index (χ3v) is 4.68. The monoisotopic (exact) mass is 407 g/mol. The molecule has 0 saturated carbocycles. The van der Waals surface area contributed by atoms with E-state index >= 15 is 0 Å². The lowest BCUT2D eigenvalue weighted by Gasteiger charge is -2.19. The first-order chi connectivity index (χ1) is 15.1. The predicted molar refractivity (Wildman–Crippen MR) is 125 cm³/mol. The highest BCUT2D eigenvalue weighted by molar-refractivity contribution is 6.32. The summed E-state index contributed by atoms with van der Waals surface area (Å²) < 4.78 is 0. The van der Waals surface area contributed by atoms with Gasteiger partial charge in [-0.3, -0.25) is 14.5 Å². The molecule has 3 aromatic carbocycles. The molecule has 0 unspecified atom stereocenters. The Kier molecular flexibility index (Phi) is 5.85. The van der Waals surface area contributed by atoms with E-state index in [-0.39, 0.29) is 11.8 Å². The maximum Gasteiger partial charge on any atom is 0.282 e. The molecule has 152 valence electrons. The number of hydrogen-bond donors (Lipinski definition) is 1. The Morgan fingerprint density at radius 2 is 1.55 bits per heavy atom. The minimum Gasteiger partial charge on any atom is -0.326 e. The van der Waals surface area contributed by atoms with Gasteiger partial charge in [0.25, 0.3) is 5.91 Å². The molecule has 5 nitrogen and oxygen atoms in total. The number of nitrogens with one attached hydrogen (secondary N) is 1. The van der Waals surface area contributed by atoms with Gasteiger partial charge in [0.05, 0.1) is 5.69 Å². The molecule has 1 aliphatic rings. The van der Waals surface area contributed by atoms with Crippen LogP contribution in [0.25, 0.3) is 6.08 Å². The van der Waals surface area contributed by atoms with Crippen LogP contribution in [0, 0.1) is 0 Å². The van der Waals surface area contributed by atoms with E-state index in [4.69, 9.17) is 0 Å². The van der Waals surface area contributed by atoms with Gasteiger partial charge in [0.2, 0.25) is 5.91 Å². The van der Waals surface area contributed by atoms with Crippen LogP contribution in [-0.4, -0.2) is 17.6 Å². The summed E-state index contributed by atoms with van der Waals surface area (Å²) in [7, 11) is 0. The summed E-state index contributed by atoms with van der Waals surface area (Å²) >= 11 is 0. The molecule has 2 amide bonds. The van der Waals surface area contributed by atoms with E-state index in [0.29, 0.717) is 22.9 Å². The summed E-state index contributed by atoms with van der Waals surface area (Å²) in [6, 6.07) is 26.6. The quantitative estimate of drug-likeness (QED) is 0.603. The fourth-order valence-corrected chi connectivity index (χ4v) is 3.26. The number of rotatable bonds is 5. The maximum atomic E-state index is 13.2. The normalized spacial score (nSPS) is 14.9. The second kappa shape index (κ2) is 9.05. The van der Waals surface area contributed by atoms with E-state index in [1.54, 1.807) is 35.2 Å². The average molecular weight is 407 g/mol. The summed E-state index contributed by atoms with van der Waals surface area (Å²) in [5.41, 5.74) is 3.59. The van der Waals surface area contributed by atoms with Crippen LogP contribution in [0.3, 0.4) is 0 Å². The largest absolute Gasteiger partial charge is 0.326 e. The first-order valence-electron chi connectivity index (χ1n) is 9.91. The van der Waals surface area contributed by atoms with Gasteiger partial charge in [-0.05, 0) is 35.9 Å². The van der Waals surface area contributed by atoms with Crippen molar-refractivity contribution in [1.29, 1.82) is 0 Å². The number of allylic oxidation sites excluding steroid dienone is 2. The first-order valence-corrected chi connectivity index (χ1v) is 9.91. The molecule has 31 heavy (non-hydrogen) atoms. The summed E-state index contributed by atoms with van der Waals surface area (Å²) in [6.07, 6.45) is 5.49. The van der Waals surface area contributed by atoms with Gasteiger partial charge in [-0.1, -0.05) is 72.8 Å². The summed E-state index contributed by atoms with van der Waals surface area (Å²) in [5.74, 6) is 0.216.